The van der Waals surface area contributed by atoms with E-state index in [1.54, 1.807) is 0 Å². The minimum atomic E-state index is 0.890. The van der Waals surface area contributed by atoms with Crippen molar-refractivity contribution in [3.8, 4) is 0 Å². The Bertz CT molecular complexity index is 479. The first-order valence-electron chi connectivity index (χ1n) is 6.44. The molecule has 2 nitrogen and oxygen atoms in total. The van der Waals surface area contributed by atoms with E-state index in [-0.39, 0.29) is 0 Å². The van der Waals surface area contributed by atoms with Crippen LogP contribution in [0.25, 0.3) is 0 Å². The summed E-state index contributed by atoms with van der Waals surface area (Å²) in [4.78, 5) is 2.37. The first-order chi connectivity index (χ1) is 8.81. The van der Waals surface area contributed by atoms with Crippen molar-refractivity contribution in [1.29, 1.82) is 0 Å². The first-order valence-corrected chi connectivity index (χ1v) is 6.44. The summed E-state index contributed by atoms with van der Waals surface area (Å²) in [7, 11) is 0. The van der Waals surface area contributed by atoms with Crippen molar-refractivity contribution in [1.82, 2.24) is 0 Å². The van der Waals surface area contributed by atoms with Gasteiger partial charge in [0.05, 0.1) is 0 Å². The second kappa shape index (κ2) is 6.10. The highest BCUT2D eigenvalue weighted by atomic mass is 15.1. The van der Waals surface area contributed by atoms with Gasteiger partial charge in [-0.25, -0.2) is 0 Å². The highest BCUT2D eigenvalue weighted by molar-refractivity contribution is 5.49. The summed E-state index contributed by atoms with van der Waals surface area (Å²) >= 11 is 0. The van der Waals surface area contributed by atoms with Crippen LogP contribution in [-0.2, 0) is 6.42 Å². The topological polar surface area (TPSA) is 29.3 Å². The summed E-state index contributed by atoms with van der Waals surface area (Å²) < 4.78 is 0. The van der Waals surface area contributed by atoms with Crippen molar-refractivity contribution < 1.29 is 0 Å². The average molecular weight is 240 g/mol. The number of nitrogens with two attached hydrogens (primary N) is 1. The largest absolute Gasteiger partial charge is 0.399 e. The smallest absolute Gasteiger partial charge is 0.0366 e. The molecule has 0 atom stereocenters. The van der Waals surface area contributed by atoms with E-state index < -0.39 is 0 Å². The van der Waals surface area contributed by atoms with E-state index in [1.165, 1.54) is 11.3 Å². The summed E-state index contributed by atoms with van der Waals surface area (Å²) in [5, 5.41) is 0. The van der Waals surface area contributed by atoms with Crippen LogP contribution in [0.2, 0.25) is 0 Å². The van der Waals surface area contributed by atoms with Crippen LogP contribution in [0.5, 0.6) is 0 Å². The molecule has 2 aromatic rings. The average Bonchev–Trinajstić information content (AvgIpc) is 2.42. The zero-order chi connectivity index (χ0) is 12.8. The van der Waals surface area contributed by atoms with Crippen LogP contribution in [0, 0.1) is 0 Å². The highest BCUT2D eigenvalue weighted by Crippen LogP contribution is 2.16. The van der Waals surface area contributed by atoms with Gasteiger partial charge < -0.3 is 10.6 Å². The van der Waals surface area contributed by atoms with Gasteiger partial charge in [-0.15, -0.1) is 0 Å². The van der Waals surface area contributed by atoms with E-state index in [0.29, 0.717) is 0 Å². The summed E-state index contributed by atoms with van der Waals surface area (Å²) in [5.41, 5.74) is 9.36. The van der Waals surface area contributed by atoms with E-state index in [9.17, 15) is 0 Å². The molecule has 0 bridgehead atoms. The Labute approximate surface area is 109 Å². The van der Waals surface area contributed by atoms with E-state index in [2.05, 4.69) is 42.2 Å². The number of rotatable bonds is 5. The fourth-order valence-electron chi connectivity index (χ4n) is 2.13. The van der Waals surface area contributed by atoms with Crippen molar-refractivity contribution >= 4 is 11.4 Å². The minimum Gasteiger partial charge on any atom is -0.399 e. The van der Waals surface area contributed by atoms with E-state index in [4.69, 9.17) is 5.73 Å². The van der Waals surface area contributed by atoms with Gasteiger partial charge in [-0.2, -0.15) is 0 Å². The Balaban J connectivity index is 2.02. The molecule has 0 aliphatic rings. The summed E-state index contributed by atoms with van der Waals surface area (Å²) in [5.74, 6) is 0. The molecule has 0 amide bonds. The number of hydrogen-bond acceptors (Lipinski definition) is 2. The number of hydrogen-bond donors (Lipinski definition) is 1. The van der Waals surface area contributed by atoms with Crippen LogP contribution in [-0.4, -0.2) is 13.1 Å². The quantitative estimate of drug-likeness (QED) is 0.812. The van der Waals surface area contributed by atoms with Gasteiger partial charge in [-0.3, -0.25) is 0 Å². The Kier molecular flexibility index (Phi) is 4.24. The molecule has 2 aromatic carbocycles. The molecule has 0 saturated carbocycles. The molecule has 0 aliphatic carbocycles. The van der Waals surface area contributed by atoms with Crippen molar-refractivity contribution in [3.05, 3.63) is 60.2 Å². The standard InChI is InChI=1S/C16H20N2/c1-2-18(15-9-4-3-5-10-15)13-12-14-8-6-7-11-16(14)17/h3-11H,2,12-13,17H2,1H3. The van der Waals surface area contributed by atoms with Gasteiger partial charge in [-0.1, -0.05) is 36.4 Å². The molecule has 0 aliphatic heterocycles. The fourth-order valence-corrected chi connectivity index (χ4v) is 2.13. The van der Waals surface area contributed by atoms with Crippen LogP contribution in [0.3, 0.4) is 0 Å². The van der Waals surface area contributed by atoms with Gasteiger partial charge in [0.2, 0.25) is 0 Å². The number of likely N-dealkylation sites (N-methyl/N-ethyl adjacent to an activating group) is 1. The number of anilines is 2. The van der Waals surface area contributed by atoms with Crippen molar-refractivity contribution in [2.45, 2.75) is 13.3 Å². The van der Waals surface area contributed by atoms with Crippen molar-refractivity contribution in [2.75, 3.05) is 23.7 Å². The second-order valence-corrected chi connectivity index (χ2v) is 4.36. The van der Waals surface area contributed by atoms with Gasteiger partial charge >= 0.3 is 0 Å². The number of nitrogen functional groups attached to an aromatic ring is 1. The van der Waals surface area contributed by atoms with Crippen LogP contribution in [0.1, 0.15) is 12.5 Å². The molecule has 94 valence electrons. The van der Waals surface area contributed by atoms with E-state index in [1.807, 2.05) is 24.3 Å². The number of benzene rings is 2. The van der Waals surface area contributed by atoms with Crippen LogP contribution in [0.4, 0.5) is 11.4 Å². The maximum Gasteiger partial charge on any atom is 0.0366 e. The predicted octanol–water partition coefficient (Wildman–Crippen LogP) is 3.34. The molecule has 0 heterocycles. The third-order valence-corrected chi connectivity index (χ3v) is 3.21. The molecule has 0 radical (unpaired) electrons. The molecular weight excluding hydrogens is 220 g/mol. The molecule has 0 saturated heterocycles. The van der Waals surface area contributed by atoms with Crippen molar-refractivity contribution in [2.24, 2.45) is 0 Å². The summed E-state index contributed by atoms with van der Waals surface area (Å²) in [6.07, 6.45) is 0.982. The molecule has 2 N–H and O–H groups in total. The second-order valence-electron chi connectivity index (χ2n) is 4.36. The Morgan fingerprint density at radius 1 is 0.944 bits per heavy atom. The number of para-hydroxylation sites is 2. The molecule has 0 unspecified atom stereocenters. The SMILES string of the molecule is CCN(CCc1ccccc1N)c1ccccc1. The van der Waals surface area contributed by atoms with Gasteiger partial charge in [0.15, 0.2) is 0 Å². The maximum atomic E-state index is 5.97. The lowest BCUT2D eigenvalue weighted by Gasteiger charge is -2.23. The summed E-state index contributed by atoms with van der Waals surface area (Å²) in [6, 6.07) is 18.6. The lowest BCUT2D eigenvalue weighted by molar-refractivity contribution is 0.810. The van der Waals surface area contributed by atoms with Crippen LogP contribution < -0.4 is 10.6 Å². The van der Waals surface area contributed by atoms with Gasteiger partial charge in [0.25, 0.3) is 0 Å². The van der Waals surface area contributed by atoms with Gasteiger partial charge in [0, 0.05) is 24.5 Å². The van der Waals surface area contributed by atoms with Crippen molar-refractivity contribution in [3.63, 3.8) is 0 Å². The van der Waals surface area contributed by atoms with E-state index in [0.717, 1.165) is 25.2 Å². The summed E-state index contributed by atoms with van der Waals surface area (Å²) in [6.45, 7) is 4.19. The highest BCUT2D eigenvalue weighted by Gasteiger charge is 2.05. The third-order valence-electron chi connectivity index (χ3n) is 3.21. The van der Waals surface area contributed by atoms with Crippen LogP contribution in [0.15, 0.2) is 54.6 Å². The molecule has 2 rings (SSSR count). The van der Waals surface area contributed by atoms with Crippen LogP contribution >= 0.6 is 0 Å². The Morgan fingerprint density at radius 3 is 2.28 bits per heavy atom. The molecule has 18 heavy (non-hydrogen) atoms. The molecule has 0 aromatic heterocycles. The maximum absolute atomic E-state index is 5.97. The third kappa shape index (κ3) is 3.04. The number of nitrogens with zero attached hydrogens (tertiary/aromatic N) is 1. The van der Waals surface area contributed by atoms with Gasteiger partial charge in [-0.05, 0) is 37.1 Å². The zero-order valence-corrected chi connectivity index (χ0v) is 10.8. The minimum absolute atomic E-state index is 0.890. The molecule has 0 fully saturated rings. The predicted molar refractivity (Wildman–Crippen MR) is 78.9 cm³/mol. The molecule has 0 spiro atoms. The Morgan fingerprint density at radius 2 is 1.61 bits per heavy atom. The lowest BCUT2D eigenvalue weighted by atomic mass is 10.1. The fraction of sp³-hybridized carbons (Fsp3) is 0.250. The molecule has 2 heteroatoms. The Hall–Kier alpha value is -1.96. The first kappa shape index (κ1) is 12.5. The zero-order valence-electron chi connectivity index (χ0n) is 10.8. The lowest BCUT2D eigenvalue weighted by Crippen LogP contribution is -2.25. The van der Waals surface area contributed by atoms with Gasteiger partial charge in [0.1, 0.15) is 0 Å². The normalized spacial score (nSPS) is 10.3. The molecular formula is C16H20N2. The van der Waals surface area contributed by atoms with E-state index >= 15 is 0 Å². The monoisotopic (exact) mass is 240 g/mol.